The van der Waals surface area contributed by atoms with Crippen molar-refractivity contribution in [1.82, 2.24) is 20.1 Å². The van der Waals surface area contributed by atoms with Gasteiger partial charge in [0.15, 0.2) is 0 Å². The van der Waals surface area contributed by atoms with Crippen molar-refractivity contribution in [3.8, 4) is 0 Å². The van der Waals surface area contributed by atoms with Gasteiger partial charge in [0.1, 0.15) is 11.3 Å². The molecule has 1 aromatic carbocycles. The number of benzene rings is 1. The normalized spacial score (nSPS) is 18.1. The van der Waals surface area contributed by atoms with Gasteiger partial charge >= 0.3 is 0 Å². The number of fused-ring (bicyclic) bond motifs is 1. The van der Waals surface area contributed by atoms with E-state index in [0.29, 0.717) is 11.6 Å². The topological polar surface area (TPSA) is 74.2 Å². The van der Waals surface area contributed by atoms with Crippen LogP contribution in [0.4, 0.5) is 16.6 Å². The van der Waals surface area contributed by atoms with Gasteiger partial charge in [-0.2, -0.15) is 0 Å². The minimum absolute atomic E-state index is 0.0392. The van der Waals surface area contributed by atoms with Crippen LogP contribution >= 0.6 is 11.3 Å². The van der Waals surface area contributed by atoms with Crippen molar-refractivity contribution >= 4 is 33.9 Å². The first-order chi connectivity index (χ1) is 15.3. The fourth-order valence-electron chi connectivity index (χ4n) is 4.63. The second-order valence-corrected chi connectivity index (χ2v) is 8.86. The maximum absolute atomic E-state index is 13.2. The van der Waals surface area contributed by atoms with Gasteiger partial charge in [0.25, 0.3) is 0 Å². The summed E-state index contributed by atoms with van der Waals surface area (Å²) in [7, 11) is 0. The number of aromatic nitrogens is 3. The highest BCUT2D eigenvalue weighted by molar-refractivity contribution is 7.13. The van der Waals surface area contributed by atoms with Gasteiger partial charge in [0, 0.05) is 31.7 Å². The summed E-state index contributed by atoms with van der Waals surface area (Å²) in [5, 5.41) is 11.8. The average molecular weight is 435 g/mol. The van der Waals surface area contributed by atoms with Crippen LogP contribution in [0.25, 0.3) is 0 Å². The predicted molar refractivity (Wildman–Crippen MR) is 123 cm³/mol. The maximum atomic E-state index is 13.2. The molecule has 0 aliphatic carbocycles. The van der Waals surface area contributed by atoms with E-state index in [1.54, 1.807) is 5.51 Å². The fraction of sp³-hybridized carbons (Fsp3) is 0.391. The van der Waals surface area contributed by atoms with Gasteiger partial charge in [-0.1, -0.05) is 35.6 Å². The third kappa shape index (κ3) is 4.39. The van der Waals surface area contributed by atoms with Crippen molar-refractivity contribution in [2.45, 2.75) is 38.1 Å². The Hall–Kier alpha value is -3.00. The van der Waals surface area contributed by atoms with Crippen molar-refractivity contribution in [2.24, 2.45) is 0 Å². The summed E-state index contributed by atoms with van der Waals surface area (Å²) in [6.45, 7) is 2.59. The molecule has 2 aliphatic rings. The number of nitrogens with one attached hydrogen (secondary N) is 1. The van der Waals surface area contributed by atoms with Crippen LogP contribution in [0.2, 0.25) is 0 Å². The predicted octanol–water partition coefficient (Wildman–Crippen LogP) is 4.18. The van der Waals surface area contributed by atoms with Crippen molar-refractivity contribution in [3.05, 3.63) is 59.2 Å². The molecule has 2 aliphatic heterocycles. The summed E-state index contributed by atoms with van der Waals surface area (Å²) < 4.78 is 0. The molecule has 1 saturated heterocycles. The number of likely N-dealkylation sites (tertiary alicyclic amines) is 1. The standard InChI is InChI=1S/C23H26N6OS/c30-22(12-15-28-13-4-7-17-6-1-2-9-19(17)28)29-14-5-10-20(29)18-8-3-11-21(25-18)26-23-27-24-16-31-23/h1-3,6,8-9,11,16,20H,4-5,7,10,12-15H2,(H,25,26,27)/t20-/m1/s1. The van der Waals surface area contributed by atoms with Crippen molar-refractivity contribution < 1.29 is 4.79 Å². The number of carbonyl (C=O) groups excluding carboxylic acids is 1. The second-order valence-electron chi connectivity index (χ2n) is 8.03. The number of para-hydroxylation sites is 1. The van der Waals surface area contributed by atoms with Gasteiger partial charge in [-0.25, -0.2) is 4.98 Å². The highest BCUT2D eigenvalue weighted by Crippen LogP contribution is 2.33. The zero-order chi connectivity index (χ0) is 21.0. The number of hydrogen-bond donors (Lipinski definition) is 1. The molecule has 0 spiro atoms. The minimum Gasteiger partial charge on any atom is -0.371 e. The van der Waals surface area contributed by atoms with E-state index in [-0.39, 0.29) is 11.9 Å². The first-order valence-corrected chi connectivity index (χ1v) is 11.8. The molecule has 8 heteroatoms. The molecule has 0 bridgehead atoms. The van der Waals surface area contributed by atoms with Gasteiger partial charge in [-0.05, 0) is 49.4 Å². The summed E-state index contributed by atoms with van der Waals surface area (Å²) in [5.41, 5.74) is 5.30. The quantitative estimate of drug-likeness (QED) is 0.627. The Labute approximate surface area is 186 Å². The van der Waals surface area contributed by atoms with Crippen molar-refractivity contribution in [2.75, 3.05) is 29.9 Å². The Balaban J connectivity index is 1.25. The van der Waals surface area contributed by atoms with Crippen LogP contribution in [-0.4, -0.2) is 45.6 Å². The molecule has 0 radical (unpaired) electrons. The zero-order valence-electron chi connectivity index (χ0n) is 17.4. The molecule has 7 nitrogen and oxygen atoms in total. The summed E-state index contributed by atoms with van der Waals surface area (Å²) in [5.74, 6) is 0.952. The SMILES string of the molecule is O=C(CCN1CCCc2ccccc21)N1CCC[C@@H]1c1cccc(Nc2nncs2)n1. The Morgan fingerprint density at radius 1 is 1.13 bits per heavy atom. The third-order valence-corrected chi connectivity index (χ3v) is 6.69. The number of carbonyl (C=O) groups is 1. The molecule has 1 N–H and O–H groups in total. The molecule has 1 atom stereocenters. The second kappa shape index (κ2) is 9.01. The number of aryl methyl sites for hydroxylation is 1. The van der Waals surface area contributed by atoms with Gasteiger partial charge in [0.2, 0.25) is 11.0 Å². The lowest BCUT2D eigenvalue weighted by Crippen LogP contribution is -2.36. The van der Waals surface area contributed by atoms with Gasteiger partial charge in [-0.3, -0.25) is 4.79 Å². The molecule has 0 unspecified atom stereocenters. The van der Waals surface area contributed by atoms with E-state index in [2.05, 4.69) is 44.7 Å². The molecule has 4 heterocycles. The number of pyridine rings is 1. The number of rotatable bonds is 6. The molecule has 5 rings (SSSR count). The largest absolute Gasteiger partial charge is 0.371 e. The summed E-state index contributed by atoms with van der Waals surface area (Å²) in [6, 6.07) is 14.5. The minimum atomic E-state index is 0.0392. The molecule has 1 amide bonds. The van der Waals surface area contributed by atoms with E-state index in [0.717, 1.165) is 56.8 Å². The van der Waals surface area contributed by atoms with E-state index in [9.17, 15) is 4.79 Å². The Morgan fingerprint density at radius 2 is 2.06 bits per heavy atom. The molecular formula is C23H26N6OS. The summed E-state index contributed by atoms with van der Waals surface area (Å²) >= 11 is 1.43. The Kier molecular flexibility index (Phi) is 5.80. The van der Waals surface area contributed by atoms with Crippen LogP contribution in [0.3, 0.4) is 0 Å². The number of anilines is 3. The van der Waals surface area contributed by atoms with Gasteiger partial charge in [-0.15, -0.1) is 10.2 Å². The summed E-state index contributed by atoms with van der Waals surface area (Å²) in [4.78, 5) is 22.3. The van der Waals surface area contributed by atoms with Crippen LogP contribution < -0.4 is 10.2 Å². The molecule has 0 saturated carbocycles. The average Bonchev–Trinajstić information content (AvgIpc) is 3.50. The van der Waals surface area contributed by atoms with Crippen molar-refractivity contribution in [3.63, 3.8) is 0 Å². The Bertz CT molecular complexity index is 1040. The first-order valence-electron chi connectivity index (χ1n) is 10.9. The van der Waals surface area contributed by atoms with Crippen LogP contribution in [0.5, 0.6) is 0 Å². The fourth-order valence-corrected chi connectivity index (χ4v) is 5.09. The molecule has 1 fully saturated rings. The highest BCUT2D eigenvalue weighted by Gasteiger charge is 2.31. The van der Waals surface area contributed by atoms with Gasteiger partial charge < -0.3 is 15.1 Å². The molecule has 2 aromatic heterocycles. The Morgan fingerprint density at radius 3 is 2.97 bits per heavy atom. The lowest BCUT2D eigenvalue weighted by Gasteiger charge is -2.32. The van der Waals surface area contributed by atoms with Crippen LogP contribution in [-0.2, 0) is 11.2 Å². The zero-order valence-corrected chi connectivity index (χ0v) is 18.2. The number of nitrogens with zero attached hydrogens (tertiary/aromatic N) is 5. The lowest BCUT2D eigenvalue weighted by atomic mass is 10.0. The third-order valence-electron chi connectivity index (χ3n) is 6.08. The van der Waals surface area contributed by atoms with Crippen LogP contribution in [0.15, 0.2) is 48.0 Å². The molecular weight excluding hydrogens is 408 g/mol. The highest BCUT2D eigenvalue weighted by atomic mass is 32.1. The molecule has 31 heavy (non-hydrogen) atoms. The first kappa shape index (κ1) is 19.9. The van der Waals surface area contributed by atoms with Crippen LogP contribution in [0.1, 0.15) is 43.0 Å². The van der Waals surface area contributed by atoms with E-state index < -0.39 is 0 Å². The maximum Gasteiger partial charge on any atom is 0.224 e. The van der Waals surface area contributed by atoms with E-state index >= 15 is 0 Å². The van der Waals surface area contributed by atoms with E-state index in [1.165, 1.54) is 22.6 Å². The van der Waals surface area contributed by atoms with Gasteiger partial charge in [0.05, 0.1) is 11.7 Å². The van der Waals surface area contributed by atoms with Crippen LogP contribution in [0, 0.1) is 0 Å². The van der Waals surface area contributed by atoms with E-state index in [4.69, 9.17) is 4.98 Å². The number of hydrogen-bond acceptors (Lipinski definition) is 7. The molecule has 160 valence electrons. The van der Waals surface area contributed by atoms with Crippen molar-refractivity contribution in [1.29, 1.82) is 0 Å². The smallest absolute Gasteiger partial charge is 0.224 e. The number of amides is 1. The summed E-state index contributed by atoms with van der Waals surface area (Å²) in [6.07, 6.45) is 4.78. The lowest BCUT2D eigenvalue weighted by molar-refractivity contribution is -0.132. The molecule has 3 aromatic rings. The van der Waals surface area contributed by atoms with E-state index in [1.807, 2.05) is 23.1 Å². The monoisotopic (exact) mass is 434 g/mol.